The summed E-state index contributed by atoms with van der Waals surface area (Å²) in [7, 11) is 5.32. The number of likely N-dealkylation sites (N-methyl/N-ethyl adjacent to an activating group) is 1. The Morgan fingerprint density at radius 3 is 2.37 bits per heavy atom. The molecule has 1 aliphatic rings. The molecule has 1 aliphatic heterocycles. The van der Waals surface area contributed by atoms with Gasteiger partial charge in [0.1, 0.15) is 17.2 Å². The third-order valence-electron chi connectivity index (χ3n) is 4.75. The summed E-state index contributed by atoms with van der Waals surface area (Å²) in [6, 6.07) is 13.4. The lowest BCUT2D eigenvalue weighted by atomic mass is 10.0. The average Bonchev–Trinajstić information content (AvgIpc) is 2.72. The minimum absolute atomic E-state index is 0.00441. The highest BCUT2D eigenvalue weighted by Gasteiger charge is 2.19. The third-order valence-corrected chi connectivity index (χ3v) is 4.75. The smallest absolute Gasteiger partial charge is 0.260 e. The number of nitrogens with zero attached hydrogens (tertiary/aromatic N) is 2. The fourth-order valence-corrected chi connectivity index (χ4v) is 3.10. The number of rotatable bonds is 6. The maximum Gasteiger partial charge on any atom is 0.260 e. The molecule has 0 aromatic heterocycles. The third kappa shape index (κ3) is 4.71. The second kappa shape index (κ2) is 8.77. The summed E-state index contributed by atoms with van der Waals surface area (Å²) >= 11 is 0. The van der Waals surface area contributed by atoms with Gasteiger partial charge < -0.3 is 24.0 Å². The van der Waals surface area contributed by atoms with E-state index in [9.17, 15) is 4.79 Å². The molecule has 0 radical (unpaired) electrons. The van der Waals surface area contributed by atoms with Gasteiger partial charge in [0.15, 0.2) is 6.61 Å². The first-order valence-electron chi connectivity index (χ1n) is 9.02. The second-order valence-electron chi connectivity index (χ2n) is 6.57. The predicted octanol–water partition coefficient (Wildman–Crippen LogP) is 2.52. The quantitative estimate of drug-likeness (QED) is 0.782. The van der Waals surface area contributed by atoms with Gasteiger partial charge in [-0.25, -0.2) is 0 Å². The van der Waals surface area contributed by atoms with Crippen LogP contribution in [-0.4, -0.2) is 69.8 Å². The Hall–Kier alpha value is -2.73. The van der Waals surface area contributed by atoms with E-state index in [1.165, 1.54) is 0 Å². The SMILES string of the molecule is COc1cc(OCC(=O)N2CCN(C)CC2)cc(-c2ccccc2OC)c1. The highest BCUT2D eigenvalue weighted by Crippen LogP contribution is 2.35. The largest absolute Gasteiger partial charge is 0.497 e. The second-order valence-corrected chi connectivity index (χ2v) is 6.57. The maximum atomic E-state index is 12.4. The van der Waals surface area contributed by atoms with Crippen molar-refractivity contribution in [1.82, 2.24) is 9.80 Å². The molecule has 6 nitrogen and oxygen atoms in total. The fourth-order valence-electron chi connectivity index (χ4n) is 3.10. The molecule has 0 bridgehead atoms. The molecule has 1 saturated heterocycles. The molecular formula is C21H26N2O4. The van der Waals surface area contributed by atoms with Gasteiger partial charge in [-0.2, -0.15) is 0 Å². The Bertz CT molecular complexity index is 786. The summed E-state index contributed by atoms with van der Waals surface area (Å²) < 4.78 is 16.7. The number of methoxy groups -OCH3 is 2. The van der Waals surface area contributed by atoms with Crippen LogP contribution in [-0.2, 0) is 4.79 Å². The van der Waals surface area contributed by atoms with E-state index in [1.807, 2.05) is 41.3 Å². The highest BCUT2D eigenvalue weighted by molar-refractivity contribution is 5.78. The van der Waals surface area contributed by atoms with Crippen molar-refractivity contribution in [2.45, 2.75) is 0 Å². The van der Waals surface area contributed by atoms with Crippen molar-refractivity contribution in [2.24, 2.45) is 0 Å². The van der Waals surface area contributed by atoms with Crippen LogP contribution in [0, 0.1) is 0 Å². The van der Waals surface area contributed by atoms with Crippen molar-refractivity contribution in [2.75, 3.05) is 54.1 Å². The molecule has 0 spiro atoms. The number of hydrogen-bond donors (Lipinski definition) is 0. The lowest BCUT2D eigenvalue weighted by Crippen LogP contribution is -2.48. The van der Waals surface area contributed by atoms with Crippen LogP contribution in [0.15, 0.2) is 42.5 Å². The standard InChI is InChI=1S/C21H26N2O4/c1-22-8-10-23(11-9-22)21(24)15-27-18-13-16(12-17(14-18)25-2)19-6-4-5-7-20(19)26-3/h4-7,12-14H,8-11,15H2,1-3H3. The first-order chi connectivity index (χ1) is 13.1. The molecule has 2 aromatic rings. The Kier molecular flexibility index (Phi) is 6.19. The van der Waals surface area contributed by atoms with E-state index in [2.05, 4.69) is 11.9 Å². The zero-order chi connectivity index (χ0) is 19.2. The van der Waals surface area contributed by atoms with Crippen LogP contribution in [0.5, 0.6) is 17.2 Å². The van der Waals surface area contributed by atoms with E-state index in [-0.39, 0.29) is 12.5 Å². The molecule has 0 unspecified atom stereocenters. The van der Waals surface area contributed by atoms with Crippen molar-refractivity contribution in [3.05, 3.63) is 42.5 Å². The highest BCUT2D eigenvalue weighted by atomic mass is 16.5. The van der Waals surface area contributed by atoms with Crippen molar-refractivity contribution < 1.29 is 19.0 Å². The molecule has 2 aromatic carbocycles. The first kappa shape index (κ1) is 19.0. The van der Waals surface area contributed by atoms with Gasteiger partial charge in [0.2, 0.25) is 0 Å². The molecular weight excluding hydrogens is 344 g/mol. The minimum atomic E-state index is 0.00441. The Balaban J connectivity index is 1.75. The lowest BCUT2D eigenvalue weighted by molar-refractivity contribution is -0.134. The van der Waals surface area contributed by atoms with Crippen LogP contribution >= 0.6 is 0 Å². The van der Waals surface area contributed by atoms with Crippen LogP contribution in [0.2, 0.25) is 0 Å². The minimum Gasteiger partial charge on any atom is -0.497 e. The van der Waals surface area contributed by atoms with Crippen molar-refractivity contribution in [3.63, 3.8) is 0 Å². The first-order valence-corrected chi connectivity index (χ1v) is 9.02. The van der Waals surface area contributed by atoms with Crippen LogP contribution in [0.3, 0.4) is 0 Å². The summed E-state index contributed by atoms with van der Waals surface area (Å²) in [5, 5.41) is 0. The number of para-hydroxylation sites is 1. The number of hydrogen-bond acceptors (Lipinski definition) is 5. The summed E-state index contributed by atoms with van der Waals surface area (Å²) in [5.74, 6) is 2.04. The van der Waals surface area contributed by atoms with E-state index in [0.717, 1.165) is 43.1 Å². The predicted molar refractivity (Wildman–Crippen MR) is 105 cm³/mol. The molecule has 0 N–H and O–H groups in total. The van der Waals surface area contributed by atoms with Crippen LogP contribution in [0.25, 0.3) is 11.1 Å². The maximum absolute atomic E-state index is 12.4. The monoisotopic (exact) mass is 370 g/mol. The number of benzene rings is 2. The molecule has 0 saturated carbocycles. The van der Waals surface area contributed by atoms with Crippen molar-refractivity contribution >= 4 is 5.91 Å². The average molecular weight is 370 g/mol. The summed E-state index contributed by atoms with van der Waals surface area (Å²) in [4.78, 5) is 16.5. The van der Waals surface area contributed by atoms with E-state index in [0.29, 0.717) is 11.5 Å². The molecule has 27 heavy (non-hydrogen) atoms. The Morgan fingerprint density at radius 1 is 0.963 bits per heavy atom. The zero-order valence-corrected chi connectivity index (χ0v) is 16.1. The number of carbonyl (C=O) groups excluding carboxylic acids is 1. The summed E-state index contributed by atoms with van der Waals surface area (Å²) in [5.41, 5.74) is 1.85. The van der Waals surface area contributed by atoms with Crippen molar-refractivity contribution in [3.8, 4) is 28.4 Å². The van der Waals surface area contributed by atoms with E-state index in [1.54, 1.807) is 20.3 Å². The molecule has 0 aliphatic carbocycles. The van der Waals surface area contributed by atoms with Crippen LogP contribution in [0.1, 0.15) is 0 Å². The summed E-state index contributed by atoms with van der Waals surface area (Å²) in [6.07, 6.45) is 0. The zero-order valence-electron chi connectivity index (χ0n) is 16.1. The Morgan fingerprint density at radius 2 is 1.67 bits per heavy atom. The number of amides is 1. The fraction of sp³-hybridized carbons (Fsp3) is 0.381. The van der Waals surface area contributed by atoms with Gasteiger partial charge in [-0.05, 0) is 30.8 Å². The van der Waals surface area contributed by atoms with Crippen LogP contribution < -0.4 is 14.2 Å². The molecule has 1 heterocycles. The molecule has 3 rings (SSSR count). The van der Waals surface area contributed by atoms with Crippen LogP contribution in [0.4, 0.5) is 0 Å². The number of ether oxygens (including phenoxy) is 3. The molecule has 6 heteroatoms. The van der Waals surface area contributed by atoms with Gasteiger partial charge >= 0.3 is 0 Å². The van der Waals surface area contributed by atoms with Gasteiger partial charge in [-0.15, -0.1) is 0 Å². The van der Waals surface area contributed by atoms with E-state index in [4.69, 9.17) is 14.2 Å². The molecule has 1 fully saturated rings. The Labute approximate surface area is 160 Å². The molecule has 144 valence electrons. The molecule has 0 atom stereocenters. The van der Waals surface area contributed by atoms with Gasteiger partial charge in [0, 0.05) is 37.8 Å². The van der Waals surface area contributed by atoms with E-state index < -0.39 is 0 Å². The van der Waals surface area contributed by atoms with E-state index >= 15 is 0 Å². The van der Waals surface area contributed by atoms with Gasteiger partial charge in [-0.1, -0.05) is 18.2 Å². The lowest BCUT2D eigenvalue weighted by Gasteiger charge is -2.32. The normalized spacial score (nSPS) is 14.7. The van der Waals surface area contributed by atoms with Gasteiger partial charge in [0.05, 0.1) is 14.2 Å². The topological polar surface area (TPSA) is 51.2 Å². The van der Waals surface area contributed by atoms with Crippen molar-refractivity contribution in [1.29, 1.82) is 0 Å². The number of piperazine rings is 1. The van der Waals surface area contributed by atoms with Gasteiger partial charge in [-0.3, -0.25) is 4.79 Å². The summed E-state index contributed by atoms with van der Waals surface area (Å²) in [6.45, 7) is 3.28. The van der Waals surface area contributed by atoms with Gasteiger partial charge in [0.25, 0.3) is 5.91 Å². The molecule has 1 amide bonds. The number of carbonyl (C=O) groups is 1.